The van der Waals surface area contributed by atoms with Gasteiger partial charge in [0.25, 0.3) is 5.91 Å². The largest absolute Gasteiger partial charge is 0.342 e. The van der Waals surface area contributed by atoms with E-state index in [1.807, 2.05) is 55.1 Å². The molecule has 0 unspecified atom stereocenters. The van der Waals surface area contributed by atoms with E-state index in [0.29, 0.717) is 10.6 Å². The molecule has 0 aliphatic carbocycles. The molecule has 0 fully saturated rings. The minimum absolute atomic E-state index is 0.0699. The Balaban J connectivity index is 1.49. The summed E-state index contributed by atoms with van der Waals surface area (Å²) in [5.41, 5.74) is 0.681. The summed E-state index contributed by atoms with van der Waals surface area (Å²) in [4.78, 5) is 30.9. The van der Waals surface area contributed by atoms with E-state index in [2.05, 4.69) is 15.6 Å². The third kappa shape index (κ3) is 4.74. The van der Waals surface area contributed by atoms with Gasteiger partial charge in [-0.05, 0) is 43.3 Å². The number of aryl methyl sites for hydroxylation is 2. The molecule has 1 aromatic carbocycles. The number of carbonyl (C=O) groups excluding carboxylic acids is 2. The quantitative estimate of drug-likeness (QED) is 0.681. The molecule has 0 bridgehead atoms. The Morgan fingerprint density at radius 1 is 1.19 bits per heavy atom. The molecule has 3 rings (SSSR count). The number of hydrogen-bond acceptors (Lipinski definition) is 5. The molecule has 26 heavy (non-hydrogen) atoms. The van der Waals surface area contributed by atoms with Gasteiger partial charge >= 0.3 is 0 Å². The summed E-state index contributed by atoms with van der Waals surface area (Å²) in [6, 6.07) is 11.1. The fraction of sp³-hybridized carbons (Fsp3) is 0.167. The van der Waals surface area contributed by atoms with Crippen molar-refractivity contribution >= 4 is 40.6 Å². The molecule has 0 radical (unpaired) electrons. The van der Waals surface area contributed by atoms with E-state index < -0.39 is 0 Å². The average Bonchev–Trinajstić information content (AvgIpc) is 3.23. The van der Waals surface area contributed by atoms with Crippen LogP contribution in [-0.4, -0.2) is 27.9 Å². The number of anilines is 1. The fourth-order valence-electron chi connectivity index (χ4n) is 2.17. The van der Waals surface area contributed by atoms with E-state index in [-0.39, 0.29) is 18.4 Å². The standard InChI is InChI=1S/C18H18N4O2S2/c1-12-3-8-15(25-12)17(24)20-11-16(23)21-13-4-6-14(7-5-13)26-18-19-9-10-22(18)2/h3-10H,11H2,1-2H3,(H,20,24)(H,21,23). The van der Waals surface area contributed by atoms with Crippen LogP contribution in [-0.2, 0) is 11.8 Å². The lowest BCUT2D eigenvalue weighted by molar-refractivity contribution is -0.115. The van der Waals surface area contributed by atoms with Gasteiger partial charge in [0, 0.05) is 34.9 Å². The predicted octanol–water partition coefficient (Wildman–Crippen LogP) is 3.31. The fourth-order valence-corrected chi connectivity index (χ4v) is 3.76. The molecule has 6 nitrogen and oxygen atoms in total. The maximum absolute atomic E-state index is 12.0. The van der Waals surface area contributed by atoms with Crippen molar-refractivity contribution in [3.8, 4) is 0 Å². The second kappa shape index (κ2) is 8.20. The van der Waals surface area contributed by atoms with Crippen LogP contribution in [0.3, 0.4) is 0 Å². The van der Waals surface area contributed by atoms with Crippen LogP contribution in [0.15, 0.2) is 58.8 Å². The van der Waals surface area contributed by atoms with Crippen LogP contribution in [0.1, 0.15) is 14.5 Å². The molecule has 0 spiro atoms. The van der Waals surface area contributed by atoms with Crippen LogP contribution in [0.5, 0.6) is 0 Å². The molecule has 0 saturated carbocycles. The SMILES string of the molecule is Cc1ccc(C(=O)NCC(=O)Nc2ccc(Sc3nccn3C)cc2)s1. The summed E-state index contributed by atoms with van der Waals surface area (Å²) in [7, 11) is 1.94. The number of imidazole rings is 1. The second-order valence-corrected chi connectivity index (χ2v) is 7.92. The van der Waals surface area contributed by atoms with Crippen molar-refractivity contribution in [1.82, 2.24) is 14.9 Å². The molecule has 134 valence electrons. The topological polar surface area (TPSA) is 76.0 Å². The summed E-state index contributed by atoms with van der Waals surface area (Å²) < 4.78 is 1.94. The van der Waals surface area contributed by atoms with E-state index in [1.54, 1.807) is 24.0 Å². The maximum atomic E-state index is 12.0. The molecular formula is C18H18N4O2S2. The Morgan fingerprint density at radius 3 is 2.58 bits per heavy atom. The number of hydrogen-bond donors (Lipinski definition) is 2. The molecular weight excluding hydrogens is 368 g/mol. The van der Waals surface area contributed by atoms with Gasteiger partial charge in [0.2, 0.25) is 5.91 Å². The van der Waals surface area contributed by atoms with Crippen molar-refractivity contribution in [1.29, 1.82) is 0 Å². The van der Waals surface area contributed by atoms with Crippen LogP contribution in [0, 0.1) is 6.92 Å². The van der Waals surface area contributed by atoms with Crippen LogP contribution < -0.4 is 10.6 Å². The molecule has 2 heterocycles. The van der Waals surface area contributed by atoms with Gasteiger partial charge in [0.1, 0.15) is 0 Å². The zero-order valence-corrected chi connectivity index (χ0v) is 16.0. The predicted molar refractivity (Wildman–Crippen MR) is 104 cm³/mol. The second-order valence-electron chi connectivity index (χ2n) is 5.59. The Kier molecular flexibility index (Phi) is 5.75. The highest BCUT2D eigenvalue weighted by atomic mass is 32.2. The molecule has 8 heteroatoms. The smallest absolute Gasteiger partial charge is 0.261 e. The number of thiophene rings is 1. The zero-order valence-electron chi connectivity index (χ0n) is 14.4. The van der Waals surface area contributed by atoms with Crippen LogP contribution >= 0.6 is 23.1 Å². The zero-order chi connectivity index (χ0) is 18.5. The average molecular weight is 387 g/mol. The van der Waals surface area contributed by atoms with E-state index >= 15 is 0 Å². The maximum Gasteiger partial charge on any atom is 0.261 e. The van der Waals surface area contributed by atoms with Gasteiger partial charge in [-0.15, -0.1) is 11.3 Å². The Labute approximate surface area is 159 Å². The summed E-state index contributed by atoms with van der Waals surface area (Å²) >= 11 is 2.95. The minimum atomic E-state index is -0.267. The highest BCUT2D eigenvalue weighted by molar-refractivity contribution is 7.99. The van der Waals surface area contributed by atoms with Crippen molar-refractivity contribution in [2.24, 2.45) is 7.05 Å². The van der Waals surface area contributed by atoms with Gasteiger partial charge in [0.05, 0.1) is 11.4 Å². The summed E-state index contributed by atoms with van der Waals surface area (Å²) in [6.07, 6.45) is 3.64. The third-order valence-corrected chi connectivity index (χ3v) is 5.58. The first kappa shape index (κ1) is 18.2. The Bertz CT molecular complexity index is 915. The lowest BCUT2D eigenvalue weighted by Gasteiger charge is -2.07. The molecule has 0 atom stereocenters. The van der Waals surface area contributed by atoms with E-state index in [4.69, 9.17) is 0 Å². The Hall–Kier alpha value is -2.58. The number of aromatic nitrogens is 2. The molecule has 0 saturated heterocycles. The van der Waals surface area contributed by atoms with Crippen LogP contribution in [0.2, 0.25) is 0 Å². The lowest BCUT2D eigenvalue weighted by Crippen LogP contribution is -2.32. The number of nitrogens with one attached hydrogen (secondary N) is 2. The Morgan fingerprint density at radius 2 is 1.96 bits per heavy atom. The normalized spacial score (nSPS) is 10.5. The molecule has 2 N–H and O–H groups in total. The molecule has 2 aromatic heterocycles. The monoisotopic (exact) mass is 386 g/mol. The van der Waals surface area contributed by atoms with Crippen molar-refractivity contribution in [3.05, 3.63) is 58.5 Å². The van der Waals surface area contributed by atoms with E-state index in [0.717, 1.165) is 14.9 Å². The molecule has 0 aliphatic heterocycles. The van der Waals surface area contributed by atoms with E-state index in [9.17, 15) is 9.59 Å². The van der Waals surface area contributed by atoms with Crippen molar-refractivity contribution in [2.75, 3.05) is 11.9 Å². The first-order valence-corrected chi connectivity index (χ1v) is 9.54. The molecule has 2 amide bonds. The first-order chi connectivity index (χ1) is 12.5. The number of rotatable bonds is 6. The number of benzene rings is 1. The minimum Gasteiger partial charge on any atom is -0.342 e. The van der Waals surface area contributed by atoms with Gasteiger partial charge in [-0.2, -0.15) is 0 Å². The van der Waals surface area contributed by atoms with Gasteiger partial charge in [-0.1, -0.05) is 11.8 Å². The van der Waals surface area contributed by atoms with Gasteiger partial charge in [0.15, 0.2) is 5.16 Å². The number of carbonyl (C=O) groups is 2. The van der Waals surface area contributed by atoms with E-state index in [1.165, 1.54) is 11.3 Å². The summed E-state index contributed by atoms with van der Waals surface area (Å²) in [6.45, 7) is 1.86. The molecule has 3 aromatic rings. The van der Waals surface area contributed by atoms with Gasteiger partial charge in [-0.3, -0.25) is 9.59 Å². The third-order valence-electron chi connectivity index (χ3n) is 3.50. The van der Waals surface area contributed by atoms with Crippen LogP contribution in [0.25, 0.3) is 0 Å². The van der Waals surface area contributed by atoms with Crippen LogP contribution in [0.4, 0.5) is 5.69 Å². The number of amides is 2. The van der Waals surface area contributed by atoms with Gasteiger partial charge < -0.3 is 15.2 Å². The highest BCUT2D eigenvalue weighted by Gasteiger charge is 2.10. The number of nitrogens with zero attached hydrogens (tertiary/aromatic N) is 2. The lowest BCUT2D eigenvalue weighted by atomic mass is 10.3. The molecule has 0 aliphatic rings. The summed E-state index contributed by atoms with van der Waals surface area (Å²) in [5.74, 6) is -0.504. The highest BCUT2D eigenvalue weighted by Crippen LogP contribution is 2.26. The van der Waals surface area contributed by atoms with Crippen molar-refractivity contribution in [3.63, 3.8) is 0 Å². The van der Waals surface area contributed by atoms with Crippen molar-refractivity contribution in [2.45, 2.75) is 17.0 Å². The van der Waals surface area contributed by atoms with Crippen molar-refractivity contribution < 1.29 is 9.59 Å². The first-order valence-electron chi connectivity index (χ1n) is 7.91. The van der Waals surface area contributed by atoms with Gasteiger partial charge in [-0.25, -0.2) is 4.98 Å². The summed E-state index contributed by atoms with van der Waals surface area (Å²) in [5, 5.41) is 6.29.